The van der Waals surface area contributed by atoms with Crippen molar-refractivity contribution >= 4 is 5.95 Å². The van der Waals surface area contributed by atoms with Crippen molar-refractivity contribution in [1.82, 2.24) is 10.1 Å². The summed E-state index contributed by atoms with van der Waals surface area (Å²) in [5, 5.41) is 13.0. The lowest BCUT2D eigenvalue weighted by atomic mass is 9.98. The lowest BCUT2D eigenvalue weighted by Gasteiger charge is -2.29. The monoisotopic (exact) mass is 225 g/mol. The lowest BCUT2D eigenvalue weighted by molar-refractivity contribution is 0.202. The maximum Gasteiger partial charge on any atom is 0.266 e. The molecule has 1 aliphatic heterocycles. The standard InChI is InChI=1S/C11H19N3O2/c1-8(2)10-12-11(13-16-10)14-5-3-9(7-15)4-6-14/h8-9,15H,3-7H2,1-2H3. The smallest absolute Gasteiger partial charge is 0.266 e. The number of aromatic nitrogens is 2. The van der Waals surface area contributed by atoms with E-state index in [-0.39, 0.29) is 12.5 Å². The average Bonchev–Trinajstić information content (AvgIpc) is 2.78. The van der Waals surface area contributed by atoms with Crippen LogP contribution in [0.4, 0.5) is 5.95 Å². The third-order valence-corrected chi connectivity index (χ3v) is 3.08. The SMILES string of the molecule is CC(C)c1nc(N2CCC(CO)CC2)no1. The molecular formula is C11H19N3O2. The lowest BCUT2D eigenvalue weighted by Crippen LogP contribution is -2.35. The molecule has 0 saturated carbocycles. The molecule has 16 heavy (non-hydrogen) atoms. The fourth-order valence-corrected chi connectivity index (χ4v) is 1.91. The Morgan fingerprint density at radius 3 is 2.62 bits per heavy atom. The molecule has 0 atom stereocenters. The predicted molar refractivity (Wildman–Crippen MR) is 60.4 cm³/mol. The molecule has 0 radical (unpaired) electrons. The summed E-state index contributed by atoms with van der Waals surface area (Å²) in [7, 11) is 0. The number of hydrogen-bond acceptors (Lipinski definition) is 5. The van der Waals surface area contributed by atoms with Crippen LogP contribution in [0.25, 0.3) is 0 Å². The van der Waals surface area contributed by atoms with E-state index in [0.717, 1.165) is 25.9 Å². The van der Waals surface area contributed by atoms with Gasteiger partial charge in [-0.1, -0.05) is 13.8 Å². The van der Waals surface area contributed by atoms with Crippen molar-refractivity contribution in [3.8, 4) is 0 Å². The highest BCUT2D eigenvalue weighted by Gasteiger charge is 2.22. The Labute approximate surface area is 95.4 Å². The van der Waals surface area contributed by atoms with E-state index in [1.54, 1.807) is 0 Å². The largest absolute Gasteiger partial charge is 0.396 e. The third kappa shape index (κ3) is 2.35. The predicted octanol–water partition coefficient (Wildman–Crippen LogP) is 1.40. The molecule has 1 fully saturated rings. The summed E-state index contributed by atoms with van der Waals surface area (Å²) in [6.45, 7) is 6.17. The average molecular weight is 225 g/mol. The fraction of sp³-hybridized carbons (Fsp3) is 0.818. The normalized spacial score (nSPS) is 18.4. The summed E-state index contributed by atoms with van der Waals surface area (Å²) in [5.74, 6) is 2.10. The Hall–Kier alpha value is -1.10. The molecule has 0 unspecified atom stereocenters. The van der Waals surface area contributed by atoms with E-state index in [1.807, 2.05) is 13.8 Å². The van der Waals surface area contributed by atoms with Gasteiger partial charge in [0.15, 0.2) is 0 Å². The fourth-order valence-electron chi connectivity index (χ4n) is 1.91. The summed E-state index contributed by atoms with van der Waals surface area (Å²) in [6, 6.07) is 0. The van der Waals surface area contributed by atoms with E-state index in [9.17, 15) is 0 Å². The number of anilines is 1. The van der Waals surface area contributed by atoms with Crippen LogP contribution in [0.3, 0.4) is 0 Å². The molecule has 5 heteroatoms. The van der Waals surface area contributed by atoms with Crippen molar-refractivity contribution in [1.29, 1.82) is 0 Å². The van der Waals surface area contributed by atoms with E-state index in [2.05, 4.69) is 15.0 Å². The van der Waals surface area contributed by atoms with Crippen LogP contribution in [0, 0.1) is 5.92 Å². The minimum atomic E-state index is 0.274. The molecular weight excluding hydrogens is 206 g/mol. The van der Waals surface area contributed by atoms with Crippen molar-refractivity contribution in [3.05, 3.63) is 5.89 Å². The zero-order chi connectivity index (χ0) is 11.5. The van der Waals surface area contributed by atoms with Crippen LogP contribution >= 0.6 is 0 Å². The Balaban J connectivity index is 1.97. The number of rotatable bonds is 3. The van der Waals surface area contributed by atoms with Gasteiger partial charge in [0.25, 0.3) is 5.95 Å². The van der Waals surface area contributed by atoms with Gasteiger partial charge in [0.2, 0.25) is 5.89 Å². The maximum absolute atomic E-state index is 9.06. The second-order valence-electron chi connectivity index (χ2n) is 4.70. The number of aliphatic hydroxyl groups is 1. The summed E-state index contributed by atoms with van der Waals surface area (Å²) >= 11 is 0. The van der Waals surface area contributed by atoms with Crippen LogP contribution in [0.1, 0.15) is 38.5 Å². The van der Waals surface area contributed by atoms with Gasteiger partial charge in [0.05, 0.1) is 0 Å². The molecule has 2 rings (SSSR count). The van der Waals surface area contributed by atoms with Crippen LogP contribution < -0.4 is 4.90 Å². The van der Waals surface area contributed by atoms with E-state index in [4.69, 9.17) is 9.63 Å². The highest BCUT2D eigenvalue weighted by Crippen LogP contribution is 2.22. The molecule has 1 N–H and O–H groups in total. The zero-order valence-corrected chi connectivity index (χ0v) is 9.89. The Morgan fingerprint density at radius 1 is 1.44 bits per heavy atom. The zero-order valence-electron chi connectivity index (χ0n) is 9.89. The quantitative estimate of drug-likeness (QED) is 0.842. The van der Waals surface area contributed by atoms with Gasteiger partial charge in [-0.2, -0.15) is 4.98 Å². The second-order valence-corrected chi connectivity index (χ2v) is 4.70. The summed E-state index contributed by atoms with van der Waals surface area (Å²) in [6.07, 6.45) is 2.00. The molecule has 5 nitrogen and oxygen atoms in total. The van der Waals surface area contributed by atoms with E-state index < -0.39 is 0 Å². The summed E-state index contributed by atoms with van der Waals surface area (Å²) in [5.41, 5.74) is 0. The highest BCUT2D eigenvalue weighted by atomic mass is 16.5. The van der Waals surface area contributed by atoms with Crippen molar-refractivity contribution in [2.24, 2.45) is 5.92 Å². The molecule has 1 aromatic rings. The minimum absolute atomic E-state index is 0.274. The molecule has 0 amide bonds. The van der Waals surface area contributed by atoms with Crippen molar-refractivity contribution in [3.63, 3.8) is 0 Å². The number of piperidine rings is 1. The first-order valence-electron chi connectivity index (χ1n) is 5.90. The Bertz CT molecular complexity index is 330. The molecule has 90 valence electrons. The molecule has 0 aliphatic carbocycles. The van der Waals surface area contributed by atoms with Gasteiger partial charge in [0.1, 0.15) is 0 Å². The van der Waals surface area contributed by atoms with Gasteiger partial charge in [-0.05, 0) is 23.9 Å². The van der Waals surface area contributed by atoms with Crippen LogP contribution in [-0.2, 0) is 0 Å². The highest BCUT2D eigenvalue weighted by molar-refractivity contribution is 5.28. The van der Waals surface area contributed by atoms with E-state index in [0.29, 0.717) is 17.8 Å². The Kier molecular flexibility index (Phi) is 3.43. The van der Waals surface area contributed by atoms with Crippen LogP contribution in [0.2, 0.25) is 0 Å². The molecule has 1 aliphatic rings. The molecule has 0 aromatic carbocycles. The van der Waals surface area contributed by atoms with Gasteiger partial charge in [-0.3, -0.25) is 0 Å². The van der Waals surface area contributed by atoms with E-state index in [1.165, 1.54) is 0 Å². The number of nitrogens with zero attached hydrogens (tertiary/aromatic N) is 3. The first-order chi connectivity index (χ1) is 7.70. The van der Waals surface area contributed by atoms with Gasteiger partial charge < -0.3 is 14.5 Å². The first-order valence-corrected chi connectivity index (χ1v) is 5.90. The molecule has 1 saturated heterocycles. The van der Waals surface area contributed by atoms with Gasteiger partial charge >= 0.3 is 0 Å². The van der Waals surface area contributed by atoms with Gasteiger partial charge in [-0.25, -0.2) is 0 Å². The van der Waals surface area contributed by atoms with Crippen LogP contribution in [0.5, 0.6) is 0 Å². The maximum atomic E-state index is 9.06. The van der Waals surface area contributed by atoms with Gasteiger partial charge in [-0.15, -0.1) is 0 Å². The number of aliphatic hydroxyl groups excluding tert-OH is 1. The molecule has 0 spiro atoms. The second kappa shape index (κ2) is 4.82. The van der Waals surface area contributed by atoms with Crippen LogP contribution in [0.15, 0.2) is 4.52 Å². The Morgan fingerprint density at radius 2 is 2.12 bits per heavy atom. The third-order valence-electron chi connectivity index (χ3n) is 3.08. The van der Waals surface area contributed by atoms with Crippen molar-refractivity contribution in [2.45, 2.75) is 32.6 Å². The van der Waals surface area contributed by atoms with Crippen molar-refractivity contribution < 1.29 is 9.63 Å². The molecule has 2 heterocycles. The van der Waals surface area contributed by atoms with Crippen LogP contribution in [-0.4, -0.2) is 34.9 Å². The molecule has 0 bridgehead atoms. The first kappa shape index (κ1) is 11.4. The van der Waals surface area contributed by atoms with Crippen molar-refractivity contribution in [2.75, 3.05) is 24.6 Å². The minimum Gasteiger partial charge on any atom is -0.396 e. The molecule has 1 aromatic heterocycles. The van der Waals surface area contributed by atoms with Gasteiger partial charge in [0, 0.05) is 25.6 Å². The number of hydrogen-bond donors (Lipinski definition) is 1. The summed E-state index contributed by atoms with van der Waals surface area (Å²) in [4.78, 5) is 6.50. The van der Waals surface area contributed by atoms with E-state index >= 15 is 0 Å². The summed E-state index contributed by atoms with van der Waals surface area (Å²) < 4.78 is 5.18. The topological polar surface area (TPSA) is 62.4 Å².